The number of piperidine rings is 1. The Morgan fingerprint density at radius 2 is 1.80 bits per heavy atom. The third-order valence-corrected chi connectivity index (χ3v) is 9.56. The van der Waals surface area contributed by atoms with Crippen LogP contribution >= 0.6 is 11.3 Å². The number of nitrogens with one attached hydrogen (secondary N) is 2. The van der Waals surface area contributed by atoms with Crippen LogP contribution in [-0.4, -0.2) is 104 Å². The van der Waals surface area contributed by atoms with Gasteiger partial charge in [-0.25, -0.2) is 9.59 Å². The molecule has 0 unspecified atom stereocenters. The van der Waals surface area contributed by atoms with Gasteiger partial charge in [0, 0.05) is 33.0 Å². The number of methoxy groups -OCH3 is 1. The lowest BCUT2D eigenvalue weighted by Gasteiger charge is -2.45. The Morgan fingerprint density at radius 3 is 2.45 bits per heavy atom. The van der Waals surface area contributed by atoms with Crippen LogP contribution in [0.4, 0.5) is 10.5 Å². The quantitative estimate of drug-likeness (QED) is 0.119. The first kappa shape index (κ1) is 39.3. The minimum atomic E-state index is -0.588. The van der Waals surface area contributed by atoms with Crippen LogP contribution in [0.1, 0.15) is 85.0 Å². The van der Waals surface area contributed by atoms with E-state index in [4.69, 9.17) is 9.47 Å². The average Bonchev–Trinajstić information content (AvgIpc) is 3.38. The highest BCUT2D eigenvalue weighted by atomic mass is 32.1. The van der Waals surface area contributed by atoms with Crippen molar-refractivity contribution >= 4 is 52.9 Å². The molecule has 0 aliphatic carbocycles. The van der Waals surface area contributed by atoms with Gasteiger partial charge in [0.05, 0.1) is 44.2 Å². The summed E-state index contributed by atoms with van der Waals surface area (Å²) < 4.78 is 10.4. The zero-order valence-electron chi connectivity index (χ0n) is 30.1. The number of carbonyl (C=O) groups excluding carboxylic acids is 5. The Bertz CT molecular complexity index is 1530. The molecule has 0 radical (unpaired) electrons. The lowest BCUT2D eigenvalue weighted by Crippen LogP contribution is -2.59. The Morgan fingerprint density at radius 1 is 1.10 bits per heavy atom. The second-order valence-corrected chi connectivity index (χ2v) is 15.5. The summed E-state index contributed by atoms with van der Waals surface area (Å²) in [7, 11) is 2.97. The Labute approximate surface area is 293 Å². The van der Waals surface area contributed by atoms with E-state index in [-0.39, 0.29) is 42.6 Å². The molecule has 3 amide bonds. The van der Waals surface area contributed by atoms with Gasteiger partial charge in [0.1, 0.15) is 17.0 Å². The normalized spacial score (nSPS) is 15.3. The van der Waals surface area contributed by atoms with E-state index in [1.807, 2.05) is 18.4 Å². The smallest absolute Gasteiger partial charge is 0.410 e. The van der Waals surface area contributed by atoms with Gasteiger partial charge in [-0.1, -0.05) is 26.0 Å². The zero-order valence-corrected chi connectivity index (χ0v) is 31.0. The number of esters is 1. The minimum absolute atomic E-state index is 0.0875. The van der Waals surface area contributed by atoms with Crippen LogP contribution in [0, 0.1) is 12.3 Å². The van der Waals surface area contributed by atoms with E-state index in [0.29, 0.717) is 53.2 Å². The van der Waals surface area contributed by atoms with Crippen LogP contribution in [-0.2, 0) is 25.6 Å². The van der Waals surface area contributed by atoms with Crippen LogP contribution in [0.3, 0.4) is 0 Å². The molecule has 49 heavy (non-hydrogen) atoms. The number of aliphatic imine (C=N–C) groups is 1. The molecule has 1 saturated heterocycles. The number of rotatable bonds is 14. The molecule has 1 fully saturated rings. The highest BCUT2D eigenvalue weighted by Crippen LogP contribution is 2.34. The number of hydrogen-bond acceptors (Lipinski definition) is 9. The molecule has 13 heteroatoms. The fraction of sp³-hybridized carbons (Fsp3) is 0.556. The van der Waals surface area contributed by atoms with E-state index in [2.05, 4.69) is 29.5 Å². The SMILES string of the molecule is COC(=O)c1cccc(CN=CC(=O)C[N+]2(CC(=O)Nc3c(C)csc3C(=O)NCCCN(C)C(=O)OC(C)(C)C)CCC(C)(C)CC2)c1. The molecule has 0 saturated carbocycles. The van der Waals surface area contributed by atoms with E-state index >= 15 is 0 Å². The van der Waals surface area contributed by atoms with Crippen molar-refractivity contribution in [3.05, 3.63) is 51.2 Å². The number of ketones is 1. The number of Topliss-reactive ketones (excluding diaryl/α,β-unsaturated/α-hetero) is 1. The van der Waals surface area contributed by atoms with Crippen LogP contribution < -0.4 is 10.6 Å². The first-order valence-corrected chi connectivity index (χ1v) is 17.5. The van der Waals surface area contributed by atoms with Gasteiger partial charge in [-0.15, -0.1) is 11.3 Å². The molecule has 1 aromatic heterocycles. The van der Waals surface area contributed by atoms with E-state index in [0.717, 1.165) is 24.0 Å². The van der Waals surface area contributed by atoms with Gasteiger partial charge < -0.3 is 29.5 Å². The molecule has 3 rings (SSSR count). The second-order valence-electron chi connectivity index (χ2n) is 14.6. The molecule has 1 aliphatic heterocycles. The Balaban J connectivity index is 1.61. The molecule has 268 valence electrons. The van der Waals surface area contributed by atoms with Crippen molar-refractivity contribution in [2.45, 2.75) is 73.0 Å². The summed E-state index contributed by atoms with van der Waals surface area (Å²) in [6.07, 6.45) is 3.14. The largest absolute Gasteiger partial charge is 0.465 e. The van der Waals surface area contributed by atoms with Gasteiger partial charge in [0.2, 0.25) is 5.78 Å². The molecule has 1 aliphatic rings. The number of carbonyl (C=O) groups is 5. The van der Waals surface area contributed by atoms with Crippen molar-refractivity contribution in [1.29, 1.82) is 0 Å². The highest BCUT2D eigenvalue weighted by Gasteiger charge is 2.40. The van der Waals surface area contributed by atoms with E-state index < -0.39 is 17.7 Å². The van der Waals surface area contributed by atoms with Crippen molar-refractivity contribution in [3.8, 4) is 0 Å². The standard InChI is InChI=1S/C36H51N5O7S/c1-25-24-49-31(32(44)38-15-10-16-40(7)34(46)48-35(2,3)4)30(25)39-29(43)23-41(17-13-36(5,6)14-18-41)22-28(42)21-37-20-26-11-9-12-27(19-26)33(45)47-8/h9,11-12,19,21,24H,10,13-18,20,22-23H2,1-8H3,(H-,38,39,43,44)/p+1. The van der Waals surface area contributed by atoms with Crippen molar-refractivity contribution < 1.29 is 37.9 Å². The van der Waals surface area contributed by atoms with Crippen molar-refractivity contribution in [1.82, 2.24) is 10.2 Å². The summed E-state index contributed by atoms with van der Waals surface area (Å²) in [4.78, 5) is 70.1. The van der Waals surface area contributed by atoms with Crippen molar-refractivity contribution in [3.63, 3.8) is 0 Å². The number of anilines is 1. The number of thiophene rings is 1. The monoisotopic (exact) mass is 698 g/mol. The van der Waals surface area contributed by atoms with Crippen LogP contribution in [0.15, 0.2) is 34.6 Å². The summed E-state index contributed by atoms with van der Waals surface area (Å²) >= 11 is 1.25. The fourth-order valence-electron chi connectivity index (χ4n) is 5.51. The number of amides is 3. The maximum atomic E-state index is 13.6. The maximum Gasteiger partial charge on any atom is 0.410 e. The lowest BCUT2D eigenvalue weighted by atomic mass is 9.81. The highest BCUT2D eigenvalue weighted by molar-refractivity contribution is 7.13. The summed E-state index contributed by atoms with van der Waals surface area (Å²) in [5.41, 5.74) is 1.95. The number of likely N-dealkylation sites (tertiary alicyclic amines) is 1. The summed E-state index contributed by atoms with van der Waals surface area (Å²) in [5.74, 6) is -1.19. The van der Waals surface area contributed by atoms with Gasteiger partial charge in [0.25, 0.3) is 11.8 Å². The number of hydrogen-bond donors (Lipinski definition) is 2. The molecular formula is C36H52N5O7S+. The predicted octanol–water partition coefficient (Wildman–Crippen LogP) is 5.25. The summed E-state index contributed by atoms with van der Waals surface area (Å²) in [6.45, 7) is 14.2. The van der Waals surface area contributed by atoms with E-state index in [9.17, 15) is 24.0 Å². The van der Waals surface area contributed by atoms with Gasteiger partial charge in [0.15, 0.2) is 6.54 Å². The molecule has 2 aromatic rings. The first-order chi connectivity index (χ1) is 22.9. The van der Waals surface area contributed by atoms with Crippen molar-refractivity contribution in [2.75, 3.05) is 58.7 Å². The lowest BCUT2D eigenvalue weighted by molar-refractivity contribution is -0.919. The summed E-state index contributed by atoms with van der Waals surface area (Å²) in [5, 5.41) is 7.70. The number of nitrogens with zero attached hydrogens (tertiary/aromatic N) is 3. The van der Waals surface area contributed by atoms with Gasteiger partial charge in [-0.3, -0.25) is 19.4 Å². The maximum absolute atomic E-state index is 13.6. The fourth-order valence-corrected chi connectivity index (χ4v) is 6.43. The summed E-state index contributed by atoms with van der Waals surface area (Å²) in [6, 6.07) is 6.91. The molecular weight excluding hydrogens is 646 g/mol. The number of aryl methyl sites for hydroxylation is 1. The average molecular weight is 699 g/mol. The number of ether oxygens (including phenoxy) is 2. The second kappa shape index (κ2) is 17.0. The van der Waals surface area contributed by atoms with Crippen LogP contribution in [0.2, 0.25) is 0 Å². The van der Waals surface area contributed by atoms with Crippen molar-refractivity contribution in [2.24, 2.45) is 10.4 Å². The molecule has 1 aromatic carbocycles. The molecule has 2 N–H and O–H groups in total. The first-order valence-electron chi connectivity index (χ1n) is 16.6. The van der Waals surface area contributed by atoms with Gasteiger partial charge in [-0.05, 0) is 68.2 Å². The predicted molar refractivity (Wildman–Crippen MR) is 191 cm³/mol. The number of benzene rings is 1. The minimum Gasteiger partial charge on any atom is -0.465 e. The molecule has 0 bridgehead atoms. The Hall–Kier alpha value is -4.10. The zero-order chi connectivity index (χ0) is 36.4. The van der Waals surface area contributed by atoms with E-state index in [1.54, 1.807) is 46.0 Å². The van der Waals surface area contributed by atoms with E-state index in [1.165, 1.54) is 29.6 Å². The third-order valence-electron chi connectivity index (χ3n) is 8.46. The van der Waals surface area contributed by atoms with Crippen LogP contribution in [0.5, 0.6) is 0 Å². The Kier molecular flexibility index (Phi) is 13.7. The molecule has 0 atom stereocenters. The number of quaternary nitrogens is 1. The van der Waals surface area contributed by atoms with Crippen LogP contribution in [0.25, 0.3) is 0 Å². The topological polar surface area (TPSA) is 143 Å². The van der Waals surface area contributed by atoms with Gasteiger partial charge in [-0.2, -0.15) is 0 Å². The molecule has 12 nitrogen and oxygen atoms in total. The van der Waals surface area contributed by atoms with Gasteiger partial charge >= 0.3 is 12.1 Å². The molecule has 0 spiro atoms. The third kappa shape index (κ3) is 12.4. The molecule has 2 heterocycles.